The zero-order valence-electron chi connectivity index (χ0n) is 13.8. The summed E-state index contributed by atoms with van der Waals surface area (Å²) in [4.78, 5) is 27.3. The van der Waals surface area contributed by atoms with Gasteiger partial charge in [-0.25, -0.2) is 0 Å². The predicted molar refractivity (Wildman–Crippen MR) is 86.8 cm³/mol. The van der Waals surface area contributed by atoms with Crippen molar-refractivity contribution in [2.24, 2.45) is 11.8 Å². The summed E-state index contributed by atoms with van der Waals surface area (Å²) in [6.45, 7) is 4.70. The molecule has 1 spiro atoms. The van der Waals surface area contributed by atoms with Crippen molar-refractivity contribution in [1.82, 2.24) is 4.90 Å². The van der Waals surface area contributed by atoms with Crippen LogP contribution < -0.4 is 0 Å². The van der Waals surface area contributed by atoms with Gasteiger partial charge in [-0.05, 0) is 19.4 Å². The number of nitrogens with zero attached hydrogens (tertiary/aromatic N) is 1. The van der Waals surface area contributed by atoms with Crippen LogP contribution in [0.5, 0.6) is 0 Å². The van der Waals surface area contributed by atoms with Gasteiger partial charge in [-0.1, -0.05) is 42.5 Å². The zero-order chi connectivity index (χ0) is 16.9. The first kappa shape index (κ1) is 15.4. The van der Waals surface area contributed by atoms with Crippen molar-refractivity contribution in [3.63, 3.8) is 0 Å². The van der Waals surface area contributed by atoms with E-state index in [1.54, 1.807) is 4.90 Å². The fraction of sp³-hybridized carbons (Fsp3) is 0.474. The molecule has 4 atom stereocenters. The van der Waals surface area contributed by atoms with Crippen molar-refractivity contribution in [1.29, 1.82) is 0 Å². The third kappa shape index (κ3) is 2.18. The molecule has 1 aromatic rings. The number of likely N-dealkylation sites (tertiary alicyclic amines) is 1. The highest BCUT2D eigenvalue weighted by molar-refractivity contribution is 5.91. The van der Waals surface area contributed by atoms with Gasteiger partial charge in [-0.15, -0.1) is 0 Å². The Labute approximate surface area is 141 Å². The van der Waals surface area contributed by atoms with Crippen LogP contribution in [0, 0.1) is 11.8 Å². The molecule has 126 valence electrons. The molecule has 5 nitrogen and oxygen atoms in total. The third-order valence-electron chi connectivity index (χ3n) is 5.25. The van der Waals surface area contributed by atoms with Crippen LogP contribution in [0.4, 0.5) is 0 Å². The summed E-state index contributed by atoms with van der Waals surface area (Å²) in [5, 5.41) is 0. The third-order valence-corrected chi connectivity index (χ3v) is 5.25. The second-order valence-electron chi connectivity index (χ2n) is 7.05. The Morgan fingerprint density at radius 1 is 1.38 bits per heavy atom. The summed E-state index contributed by atoms with van der Waals surface area (Å²) in [6.07, 6.45) is 3.52. The van der Waals surface area contributed by atoms with Crippen LogP contribution in [0.1, 0.15) is 19.4 Å². The molecule has 2 bridgehead atoms. The number of ether oxygens (including phenoxy) is 2. The van der Waals surface area contributed by atoms with E-state index < -0.39 is 17.4 Å². The van der Waals surface area contributed by atoms with Crippen molar-refractivity contribution in [2.75, 3.05) is 6.54 Å². The minimum Gasteiger partial charge on any atom is -0.460 e. The summed E-state index contributed by atoms with van der Waals surface area (Å²) in [7, 11) is 0. The van der Waals surface area contributed by atoms with Crippen LogP contribution >= 0.6 is 0 Å². The molecule has 0 aromatic heterocycles. The molecule has 1 amide bonds. The maximum Gasteiger partial charge on any atom is 0.313 e. The van der Waals surface area contributed by atoms with Gasteiger partial charge in [-0.3, -0.25) is 9.59 Å². The molecule has 3 heterocycles. The lowest BCUT2D eigenvalue weighted by atomic mass is 9.77. The lowest BCUT2D eigenvalue weighted by Gasteiger charge is -2.24. The van der Waals surface area contributed by atoms with Crippen LogP contribution in [-0.4, -0.2) is 41.1 Å². The molecule has 0 N–H and O–H groups in total. The second kappa shape index (κ2) is 5.45. The quantitative estimate of drug-likeness (QED) is 0.626. The van der Waals surface area contributed by atoms with E-state index in [1.807, 2.05) is 56.3 Å². The summed E-state index contributed by atoms with van der Waals surface area (Å²) in [6, 6.07) is 9.64. The SMILES string of the molecule is CC(C)N1C[C@@]23C=C[C@@H](O2)[C@H](C(=O)OCc2ccccc2)[C@@H]3C1=O. The Morgan fingerprint density at radius 3 is 2.83 bits per heavy atom. The molecule has 1 aromatic carbocycles. The van der Waals surface area contributed by atoms with Crippen molar-refractivity contribution >= 4 is 11.9 Å². The molecule has 3 aliphatic rings. The number of hydrogen-bond donors (Lipinski definition) is 0. The Bertz CT molecular complexity index is 699. The fourth-order valence-electron chi connectivity index (χ4n) is 4.06. The van der Waals surface area contributed by atoms with Gasteiger partial charge >= 0.3 is 5.97 Å². The lowest BCUT2D eigenvalue weighted by Crippen LogP contribution is -2.40. The van der Waals surface area contributed by atoms with Crippen molar-refractivity contribution in [3.8, 4) is 0 Å². The van der Waals surface area contributed by atoms with E-state index in [0.29, 0.717) is 6.54 Å². The molecular formula is C19H21NO4. The monoisotopic (exact) mass is 327 g/mol. The normalized spacial score (nSPS) is 33.4. The number of carbonyl (C=O) groups excluding carboxylic acids is 2. The first-order valence-corrected chi connectivity index (χ1v) is 8.40. The minimum atomic E-state index is -0.650. The van der Waals surface area contributed by atoms with Crippen molar-refractivity contribution in [2.45, 2.75) is 38.2 Å². The topological polar surface area (TPSA) is 55.8 Å². The molecule has 4 rings (SSSR count). The molecule has 24 heavy (non-hydrogen) atoms. The van der Waals surface area contributed by atoms with Crippen LogP contribution in [0.15, 0.2) is 42.5 Å². The highest BCUT2D eigenvalue weighted by Crippen LogP contribution is 2.52. The molecule has 0 aliphatic carbocycles. The Morgan fingerprint density at radius 2 is 2.12 bits per heavy atom. The molecule has 2 fully saturated rings. The number of esters is 1. The van der Waals surface area contributed by atoms with E-state index in [9.17, 15) is 9.59 Å². The number of fused-ring (bicyclic) bond motifs is 1. The number of benzene rings is 1. The minimum absolute atomic E-state index is 0.00138. The number of rotatable bonds is 4. The van der Waals surface area contributed by atoms with Gasteiger partial charge in [0.15, 0.2) is 0 Å². The molecule has 0 radical (unpaired) electrons. The van der Waals surface area contributed by atoms with E-state index in [-0.39, 0.29) is 30.6 Å². The largest absolute Gasteiger partial charge is 0.460 e. The predicted octanol–water partition coefficient (Wildman–Crippen LogP) is 1.92. The van der Waals surface area contributed by atoms with E-state index in [4.69, 9.17) is 9.47 Å². The van der Waals surface area contributed by atoms with Gasteiger partial charge in [0.25, 0.3) is 0 Å². The summed E-state index contributed by atoms with van der Waals surface area (Å²) in [5.74, 6) is -1.36. The van der Waals surface area contributed by atoms with E-state index in [2.05, 4.69) is 0 Å². The molecule has 5 heteroatoms. The number of hydrogen-bond acceptors (Lipinski definition) is 4. The maximum atomic E-state index is 12.8. The molecule has 0 unspecified atom stereocenters. The van der Waals surface area contributed by atoms with Crippen LogP contribution in [0.25, 0.3) is 0 Å². The summed E-state index contributed by atoms with van der Waals surface area (Å²) >= 11 is 0. The van der Waals surface area contributed by atoms with Crippen LogP contribution in [-0.2, 0) is 25.7 Å². The average molecular weight is 327 g/mol. The maximum absolute atomic E-state index is 12.8. The first-order chi connectivity index (χ1) is 11.5. The zero-order valence-corrected chi connectivity index (χ0v) is 13.8. The van der Waals surface area contributed by atoms with Gasteiger partial charge in [0.05, 0.1) is 18.6 Å². The standard InChI is InChI=1S/C19H21NO4/c1-12(2)20-11-19-9-8-14(24-19)15(16(19)17(20)21)18(22)23-10-13-6-4-3-5-7-13/h3-9,12,14-16H,10-11H2,1-2H3/t14-,15+,16-,19-/m1/s1. The molecule has 3 aliphatic heterocycles. The lowest BCUT2D eigenvalue weighted by molar-refractivity contribution is -0.155. The van der Waals surface area contributed by atoms with Crippen LogP contribution in [0.2, 0.25) is 0 Å². The first-order valence-electron chi connectivity index (χ1n) is 8.40. The van der Waals surface area contributed by atoms with Crippen LogP contribution in [0.3, 0.4) is 0 Å². The van der Waals surface area contributed by atoms with Crippen molar-refractivity contribution in [3.05, 3.63) is 48.0 Å². The van der Waals surface area contributed by atoms with E-state index >= 15 is 0 Å². The van der Waals surface area contributed by atoms with Crippen molar-refractivity contribution < 1.29 is 19.1 Å². The molecular weight excluding hydrogens is 306 g/mol. The van der Waals surface area contributed by atoms with E-state index in [0.717, 1.165) is 5.56 Å². The highest BCUT2D eigenvalue weighted by Gasteiger charge is 2.67. The van der Waals surface area contributed by atoms with Gasteiger partial charge in [-0.2, -0.15) is 0 Å². The number of carbonyl (C=O) groups is 2. The Balaban J connectivity index is 1.52. The smallest absolute Gasteiger partial charge is 0.313 e. The molecule has 2 saturated heterocycles. The number of amides is 1. The second-order valence-corrected chi connectivity index (χ2v) is 7.05. The van der Waals surface area contributed by atoms with Gasteiger partial charge in [0, 0.05) is 6.04 Å². The Hall–Kier alpha value is -2.14. The average Bonchev–Trinajstić information content (AvgIpc) is 3.22. The van der Waals surface area contributed by atoms with Gasteiger partial charge in [0.2, 0.25) is 5.91 Å². The summed E-state index contributed by atoms with van der Waals surface area (Å²) < 4.78 is 11.5. The summed E-state index contributed by atoms with van der Waals surface area (Å²) in [5.41, 5.74) is 0.282. The van der Waals surface area contributed by atoms with E-state index in [1.165, 1.54) is 0 Å². The Kier molecular flexibility index (Phi) is 3.49. The van der Waals surface area contributed by atoms with Gasteiger partial charge in [0.1, 0.15) is 18.1 Å². The fourth-order valence-corrected chi connectivity index (χ4v) is 4.06. The molecule has 0 saturated carbocycles. The van der Waals surface area contributed by atoms with Gasteiger partial charge < -0.3 is 14.4 Å². The highest BCUT2D eigenvalue weighted by atomic mass is 16.6.